The second-order valence-electron chi connectivity index (χ2n) is 10.8. The van der Waals surface area contributed by atoms with Crippen LogP contribution in [0.2, 0.25) is 5.02 Å². The number of hydrogen-bond donors (Lipinski definition) is 2. The number of rotatable bonds is 7. The highest BCUT2D eigenvalue weighted by atomic mass is 35.5. The van der Waals surface area contributed by atoms with E-state index in [1.54, 1.807) is 4.68 Å². The molecule has 0 radical (unpaired) electrons. The number of anilines is 2. The number of alkyl halides is 3. The van der Waals surface area contributed by atoms with Gasteiger partial charge in [-0.25, -0.2) is 0 Å². The second kappa shape index (κ2) is 11.1. The van der Waals surface area contributed by atoms with Crippen molar-refractivity contribution >= 4 is 28.9 Å². The summed E-state index contributed by atoms with van der Waals surface area (Å²) in [4.78, 5) is 9.40. The third-order valence-corrected chi connectivity index (χ3v) is 8.35. The highest BCUT2D eigenvalue weighted by molar-refractivity contribution is 6.33. The molecule has 11 heteroatoms. The number of piperazine rings is 1. The minimum absolute atomic E-state index is 0.0344. The maximum absolute atomic E-state index is 13.2. The molecular weight excluding hydrogens is 563 g/mol. The van der Waals surface area contributed by atoms with E-state index < -0.39 is 11.7 Å². The summed E-state index contributed by atoms with van der Waals surface area (Å²) in [5.41, 5.74) is 6.59. The van der Waals surface area contributed by atoms with Crippen LogP contribution in [0.5, 0.6) is 0 Å². The first-order valence-electron chi connectivity index (χ1n) is 14.2. The van der Waals surface area contributed by atoms with E-state index in [0.29, 0.717) is 36.1 Å². The molecule has 1 aromatic heterocycles. The van der Waals surface area contributed by atoms with E-state index >= 15 is 0 Å². The molecule has 220 valence electrons. The summed E-state index contributed by atoms with van der Waals surface area (Å²) < 4.78 is 41.3. The third kappa shape index (κ3) is 5.29. The molecular formula is C31H33ClF3N7. The number of benzene rings is 2. The number of aromatic nitrogens is 3. The molecule has 0 amide bonds. The summed E-state index contributed by atoms with van der Waals surface area (Å²) in [6.07, 6.45) is -0.456. The molecule has 0 atom stereocenters. The van der Waals surface area contributed by atoms with Gasteiger partial charge in [0.25, 0.3) is 0 Å². The molecule has 2 N–H and O–H groups in total. The van der Waals surface area contributed by atoms with E-state index in [1.807, 2.05) is 0 Å². The number of allylic oxidation sites excluding steroid dienone is 2. The van der Waals surface area contributed by atoms with Gasteiger partial charge in [-0.05, 0) is 61.1 Å². The molecule has 6 rings (SSSR count). The molecule has 1 aliphatic carbocycles. The lowest BCUT2D eigenvalue weighted by molar-refractivity contribution is -0.137. The standard InChI is InChI=1S/C31H33ClF3N7/c1-4-27-28(40-14-12-36-13-15-40)20(3)42-30(38-29(39-42)23-9-8-21-6-5-7-22(21)16-23)41(27)18-19(2)37-26-11-10-24(17-25(26)32)31(33,34)35/h8-11,16-17,36-37H,2-7,12-15,18H2,1H3. The highest BCUT2D eigenvalue weighted by Crippen LogP contribution is 2.39. The lowest BCUT2D eigenvalue weighted by Gasteiger charge is -2.40. The Bertz CT molecular complexity index is 1580. The lowest BCUT2D eigenvalue weighted by Crippen LogP contribution is -2.46. The molecule has 3 aliphatic rings. The zero-order valence-electron chi connectivity index (χ0n) is 23.5. The molecule has 0 bridgehead atoms. The SMILES string of the molecule is C=C(CN1C(CC)=C(N2CCNCC2)C(=C)n2nc(-c3ccc4c(c3)CCC4)nc21)Nc1ccc(C(F)(F)F)cc1Cl. The van der Waals surface area contributed by atoms with Crippen molar-refractivity contribution in [2.45, 2.75) is 38.8 Å². The fourth-order valence-corrected chi connectivity index (χ4v) is 6.23. The van der Waals surface area contributed by atoms with E-state index in [9.17, 15) is 13.2 Å². The van der Waals surface area contributed by atoms with Crippen LogP contribution >= 0.6 is 11.6 Å². The van der Waals surface area contributed by atoms with Crippen molar-refractivity contribution in [3.05, 3.63) is 88.4 Å². The van der Waals surface area contributed by atoms with Gasteiger partial charge in [0.15, 0.2) is 5.82 Å². The number of fused-ring (bicyclic) bond motifs is 2. The van der Waals surface area contributed by atoms with Crippen LogP contribution in [0.1, 0.15) is 36.5 Å². The average molecular weight is 596 g/mol. The number of hydrogen-bond acceptors (Lipinski definition) is 6. The van der Waals surface area contributed by atoms with E-state index in [0.717, 1.165) is 80.2 Å². The van der Waals surface area contributed by atoms with E-state index in [2.05, 4.69) is 58.7 Å². The molecule has 3 heterocycles. The highest BCUT2D eigenvalue weighted by Gasteiger charge is 2.34. The Morgan fingerprint density at radius 1 is 1.10 bits per heavy atom. The summed E-state index contributed by atoms with van der Waals surface area (Å²) in [6, 6.07) is 9.69. The Balaban J connectivity index is 1.36. The zero-order valence-corrected chi connectivity index (χ0v) is 24.2. The predicted molar refractivity (Wildman–Crippen MR) is 161 cm³/mol. The van der Waals surface area contributed by atoms with Gasteiger partial charge in [-0.3, -0.25) is 0 Å². The first kappa shape index (κ1) is 28.4. The van der Waals surface area contributed by atoms with Crippen LogP contribution in [0.4, 0.5) is 24.8 Å². The van der Waals surface area contributed by atoms with Crippen LogP contribution in [0.3, 0.4) is 0 Å². The van der Waals surface area contributed by atoms with Crippen LogP contribution in [0, 0.1) is 0 Å². The fraction of sp³-hybridized carbons (Fsp3) is 0.355. The van der Waals surface area contributed by atoms with Gasteiger partial charge < -0.3 is 20.4 Å². The maximum atomic E-state index is 13.2. The third-order valence-electron chi connectivity index (χ3n) is 8.04. The topological polar surface area (TPSA) is 61.2 Å². The first-order chi connectivity index (χ1) is 20.1. The van der Waals surface area contributed by atoms with Crippen LogP contribution in [-0.2, 0) is 19.0 Å². The number of halogens is 4. The van der Waals surface area contributed by atoms with Crippen molar-refractivity contribution in [2.75, 3.05) is 42.9 Å². The molecule has 42 heavy (non-hydrogen) atoms. The van der Waals surface area contributed by atoms with Crippen molar-refractivity contribution in [3.63, 3.8) is 0 Å². The average Bonchev–Trinajstić information content (AvgIpc) is 3.63. The van der Waals surface area contributed by atoms with E-state index in [1.165, 1.54) is 17.2 Å². The normalized spacial score (nSPS) is 17.0. The van der Waals surface area contributed by atoms with Crippen molar-refractivity contribution in [2.24, 2.45) is 0 Å². The predicted octanol–water partition coefficient (Wildman–Crippen LogP) is 6.55. The van der Waals surface area contributed by atoms with Crippen molar-refractivity contribution < 1.29 is 13.2 Å². The summed E-state index contributed by atoms with van der Waals surface area (Å²) >= 11 is 6.24. The summed E-state index contributed by atoms with van der Waals surface area (Å²) in [5.74, 6) is 1.24. The van der Waals surface area contributed by atoms with Crippen molar-refractivity contribution in [3.8, 4) is 11.4 Å². The Labute approximate surface area is 248 Å². The molecule has 1 saturated heterocycles. The molecule has 7 nitrogen and oxygen atoms in total. The summed E-state index contributed by atoms with van der Waals surface area (Å²) in [5, 5.41) is 11.4. The minimum atomic E-state index is -4.48. The van der Waals surface area contributed by atoms with Gasteiger partial charge in [-0.2, -0.15) is 22.8 Å². The summed E-state index contributed by atoms with van der Waals surface area (Å²) in [6.45, 7) is 14.4. The Morgan fingerprint density at radius 3 is 2.57 bits per heavy atom. The molecule has 0 spiro atoms. The van der Waals surface area contributed by atoms with Gasteiger partial charge >= 0.3 is 6.18 Å². The molecule has 3 aromatic rings. The Kier molecular flexibility index (Phi) is 7.53. The van der Waals surface area contributed by atoms with Crippen LogP contribution in [0.15, 0.2) is 66.6 Å². The molecule has 0 unspecified atom stereocenters. The maximum Gasteiger partial charge on any atom is 0.416 e. The summed E-state index contributed by atoms with van der Waals surface area (Å²) in [7, 11) is 0. The van der Waals surface area contributed by atoms with Gasteiger partial charge in [-0.1, -0.05) is 43.8 Å². The van der Waals surface area contributed by atoms with Crippen LogP contribution < -0.4 is 15.5 Å². The van der Waals surface area contributed by atoms with Crippen LogP contribution in [-0.4, -0.2) is 52.4 Å². The number of nitrogens with zero attached hydrogens (tertiary/aromatic N) is 5. The van der Waals surface area contributed by atoms with Gasteiger partial charge in [-0.15, -0.1) is 5.10 Å². The number of nitrogens with one attached hydrogen (secondary N) is 2. The van der Waals surface area contributed by atoms with Gasteiger partial charge in [0.1, 0.15) is 0 Å². The van der Waals surface area contributed by atoms with Crippen LogP contribution in [0.25, 0.3) is 17.1 Å². The van der Waals surface area contributed by atoms with Crippen molar-refractivity contribution in [1.82, 2.24) is 25.0 Å². The fourth-order valence-electron chi connectivity index (χ4n) is 6.00. The Hall–Kier alpha value is -3.76. The zero-order chi connectivity index (χ0) is 29.6. The Morgan fingerprint density at radius 2 is 1.86 bits per heavy atom. The minimum Gasteiger partial charge on any atom is -0.366 e. The lowest BCUT2D eigenvalue weighted by atomic mass is 10.1. The second-order valence-corrected chi connectivity index (χ2v) is 11.2. The first-order valence-corrected chi connectivity index (χ1v) is 14.6. The molecule has 1 fully saturated rings. The smallest absolute Gasteiger partial charge is 0.366 e. The molecule has 0 saturated carbocycles. The quantitative estimate of drug-likeness (QED) is 0.323. The molecule has 2 aromatic carbocycles. The largest absolute Gasteiger partial charge is 0.416 e. The van der Waals surface area contributed by atoms with Gasteiger partial charge in [0, 0.05) is 43.1 Å². The number of aryl methyl sites for hydroxylation is 2. The van der Waals surface area contributed by atoms with Gasteiger partial charge in [0.2, 0.25) is 5.95 Å². The van der Waals surface area contributed by atoms with E-state index in [4.69, 9.17) is 21.7 Å². The molecule has 2 aliphatic heterocycles. The van der Waals surface area contributed by atoms with Gasteiger partial charge in [0.05, 0.1) is 34.2 Å². The van der Waals surface area contributed by atoms with Crippen molar-refractivity contribution in [1.29, 1.82) is 0 Å². The monoisotopic (exact) mass is 595 g/mol. The van der Waals surface area contributed by atoms with E-state index in [-0.39, 0.29) is 5.02 Å².